The molecule has 0 aromatic heterocycles. The van der Waals surface area contributed by atoms with Crippen molar-refractivity contribution < 1.29 is 27.5 Å². The molecule has 0 spiro atoms. The molecule has 0 bridgehead atoms. The number of sulfonamides is 1. The van der Waals surface area contributed by atoms with E-state index in [0.717, 1.165) is 6.26 Å². The lowest BCUT2D eigenvalue weighted by Gasteiger charge is -2.22. The highest BCUT2D eigenvalue weighted by atomic mass is 32.2. The molecular formula is C23H31N3O6S. The number of nitrogens with zero attached hydrogens (tertiary/aromatic N) is 1. The number of carbonyl (C=O) groups is 2. The van der Waals surface area contributed by atoms with Gasteiger partial charge in [0.15, 0.2) is 0 Å². The van der Waals surface area contributed by atoms with Crippen LogP contribution in [0.4, 0.5) is 11.4 Å². The first kappa shape index (κ1) is 26.1. The van der Waals surface area contributed by atoms with Crippen molar-refractivity contribution >= 4 is 33.2 Å². The predicted octanol–water partition coefficient (Wildman–Crippen LogP) is 2.65. The summed E-state index contributed by atoms with van der Waals surface area (Å²) in [6.07, 6.45) is 2.20. The van der Waals surface area contributed by atoms with Gasteiger partial charge in [-0.3, -0.25) is 13.9 Å². The molecule has 2 amide bonds. The van der Waals surface area contributed by atoms with Crippen molar-refractivity contribution in [2.24, 2.45) is 0 Å². The van der Waals surface area contributed by atoms with Crippen LogP contribution in [-0.2, 0) is 19.6 Å². The van der Waals surface area contributed by atoms with Gasteiger partial charge in [0, 0.05) is 33.2 Å². The maximum absolute atomic E-state index is 12.5. The number of carbonyl (C=O) groups excluding carboxylic acids is 2. The maximum atomic E-state index is 12.5. The van der Waals surface area contributed by atoms with Crippen LogP contribution in [0.1, 0.15) is 29.6 Å². The second kappa shape index (κ2) is 12.8. The lowest BCUT2D eigenvalue weighted by atomic mass is 10.1. The van der Waals surface area contributed by atoms with Gasteiger partial charge in [0.05, 0.1) is 30.3 Å². The van der Waals surface area contributed by atoms with E-state index in [9.17, 15) is 18.0 Å². The van der Waals surface area contributed by atoms with Crippen molar-refractivity contribution in [3.8, 4) is 5.75 Å². The van der Waals surface area contributed by atoms with E-state index in [1.165, 1.54) is 11.4 Å². The number of anilines is 2. The summed E-state index contributed by atoms with van der Waals surface area (Å²) in [7, 11) is -0.398. The van der Waals surface area contributed by atoms with Crippen LogP contribution in [0.15, 0.2) is 48.5 Å². The fraction of sp³-hybridized carbons (Fsp3) is 0.391. The van der Waals surface area contributed by atoms with Crippen LogP contribution >= 0.6 is 0 Å². The molecule has 2 aromatic carbocycles. The van der Waals surface area contributed by atoms with Crippen LogP contribution in [-0.4, -0.2) is 60.4 Å². The number of para-hydroxylation sites is 1. The van der Waals surface area contributed by atoms with Crippen molar-refractivity contribution in [3.05, 3.63) is 54.1 Å². The Bertz CT molecular complexity index is 1020. The lowest BCUT2D eigenvalue weighted by molar-refractivity contribution is -0.116. The second-order valence-electron chi connectivity index (χ2n) is 7.33. The van der Waals surface area contributed by atoms with Crippen LogP contribution in [0.25, 0.3) is 0 Å². The molecule has 2 N–H and O–H groups in total. The molecule has 2 rings (SSSR count). The Kier molecular flexibility index (Phi) is 10.1. The van der Waals surface area contributed by atoms with Crippen molar-refractivity contribution in [2.45, 2.75) is 19.3 Å². The number of benzene rings is 2. The van der Waals surface area contributed by atoms with Crippen LogP contribution in [0.3, 0.4) is 0 Å². The fourth-order valence-electron chi connectivity index (χ4n) is 3.13. The van der Waals surface area contributed by atoms with Gasteiger partial charge in [-0.2, -0.15) is 0 Å². The normalized spacial score (nSPS) is 11.0. The van der Waals surface area contributed by atoms with Gasteiger partial charge in [-0.1, -0.05) is 12.1 Å². The number of amides is 2. The Balaban J connectivity index is 1.95. The van der Waals surface area contributed by atoms with Crippen LogP contribution in [0.2, 0.25) is 0 Å². The lowest BCUT2D eigenvalue weighted by Crippen LogP contribution is -2.31. The summed E-state index contributed by atoms with van der Waals surface area (Å²) < 4.78 is 35.8. The highest BCUT2D eigenvalue weighted by Gasteiger charge is 2.18. The van der Waals surface area contributed by atoms with Crippen LogP contribution in [0.5, 0.6) is 5.75 Å². The first-order valence-corrected chi connectivity index (χ1v) is 12.4. The number of ether oxygens (including phenoxy) is 2. The number of hydrogen-bond acceptors (Lipinski definition) is 6. The molecule has 2 aromatic rings. The Morgan fingerprint density at radius 3 is 2.33 bits per heavy atom. The average molecular weight is 478 g/mol. The zero-order valence-electron chi connectivity index (χ0n) is 19.2. The topological polar surface area (TPSA) is 114 Å². The first-order chi connectivity index (χ1) is 15.8. The molecule has 0 radical (unpaired) electrons. The van der Waals surface area contributed by atoms with E-state index in [1.807, 2.05) is 0 Å². The second-order valence-corrected chi connectivity index (χ2v) is 9.24. The van der Waals surface area contributed by atoms with Crippen molar-refractivity contribution in [1.82, 2.24) is 5.32 Å². The quantitative estimate of drug-likeness (QED) is 0.429. The van der Waals surface area contributed by atoms with Crippen molar-refractivity contribution in [3.63, 3.8) is 0 Å². The minimum Gasteiger partial charge on any atom is -0.497 e. The van der Waals surface area contributed by atoms with E-state index >= 15 is 0 Å². The molecular weight excluding hydrogens is 446 g/mol. The van der Waals surface area contributed by atoms with Gasteiger partial charge in [0.2, 0.25) is 15.9 Å². The smallest absolute Gasteiger partial charge is 0.253 e. The first-order valence-electron chi connectivity index (χ1n) is 10.5. The molecule has 0 atom stereocenters. The summed E-state index contributed by atoms with van der Waals surface area (Å²) in [4.78, 5) is 24.9. The molecule has 0 unspecified atom stereocenters. The predicted molar refractivity (Wildman–Crippen MR) is 128 cm³/mol. The van der Waals surface area contributed by atoms with Gasteiger partial charge < -0.3 is 20.1 Å². The van der Waals surface area contributed by atoms with E-state index in [-0.39, 0.29) is 24.8 Å². The van der Waals surface area contributed by atoms with Crippen LogP contribution < -0.4 is 19.7 Å². The molecule has 0 saturated heterocycles. The highest BCUT2D eigenvalue weighted by Crippen LogP contribution is 2.22. The minimum atomic E-state index is -3.53. The molecule has 180 valence electrons. The van der Waals surface area contributed by atoms with Crippen LogP contribution in [0, 0.1) is 0 Å². The summed E-state index contributed by atoms with van der Waals surface area (Å²) in [6, 6.07) is 13.4. The summed E-state index contributed by atoms with van der Waals surface area (Å²) in [5.41, 5.74) is 1.26. The zero-order chi connectivity index (χ0) is 24.3. The molecule has 0 aliphatic rings. The van der Waals surface area contributed by atoms with Gasteiger partial charge in [-0.15, -0.1) is 0 Å². The van der Waals surface area contributed by atoms with Crippen molar-refractivity contribution in [1.29, 1.82) is 0 Å². The molecule has 0 saturated carbocycles. The Morgan fingerprint density at radius 1 is 1.00 bits per heavy atom. The molecule has 33 heavy (non-hydrogen) atoms. The largest absolute Gasteiger partial charge is 0.497 e. The van der Waals surface area contributed by atoms with Crippen molar-refractivity contribution in [2.75, 3.05) is 49.8 Å². The van der Waals surface area contributed by atoms with E-state index < -0.39 is 10.0 Å². The third-order valence-corrected chi connectivity index (χ3v) is 5.98. The number of nitrogens with one attached hydrogen (secondary N) is 2. The monoisotopic (exact) mass is 477 g/mol. The molecule has 0 aliphatic heterocycles. The fourth-order valence-corrected chi connectivity index (χ4v) is 4.10. The van der Waals surface area contributed by atoms with Gasteiger partial charge in [0.1, 0.15) is 5.75 Å². The SMILES string of the molecule is COCCCNC(=O)c1ccccc1NC(=O)CCCN(c1ccc(OC)cc1)S(C)(=O)=O. The summed E-state index contributed by atoms with van der Waals surface area (Å²) in [5.74, 6) is 0.0237. The standard InChI is InChI=1S/C23H31N3O6S/c1-31-17-7-15-24-23(28)20-8-4-5-9-21(20)25-22(27)10-6-16-26(33(3,29)30)18-11-13-19(32-2)14-12-18/h4-5,8-9,11-14H,6-7,10,15-17H2,1-3H3,(H,24,28)(H,25,27). The summed E-state index contributed by atoms with van der Waals surface area (Å²) >= 11 is 0. The summed E-state index contributed by atoms with van der Waals surface area (Å²) in [5, 5.41) is 5.55. The van der Waals surface area contributed by atoms with E-state index in [2.05, 4.69) is 10.6 Å². The Morgan fingerprint density at radius 2 is 1.70 bits per heavy atom. The Hall–Kier alpha value is -3.11. The summed E-state index contributed by atoms with van der Waals surface area (Å²) in [6.45, 7) is 1.14. The van der Waals surface area contributed by atoms with E-state index in [1.54, 1.807) is 55.6 Å². The highest BCUT2D eigenvalue weighted by molar-refractivity contribution is 7.92. The average Bonchev–Trinajstić information content (AvgIpc) is 2.79. The molecule has 0 aliphatic carbocycles. The number of methoxy groups -OCH3 is 2. The molecule has 0 heterocycles. The third-order valence-electron chi connectivity index (χ3n) is 4.78. The van der Waals surface area contributed by atoms with Gasteiger partial charge in [0.25, 0.3) is 5.91 Å². The molecule has 0 fully saturated rings. The van der Waals surface area contributed by atoms with Gasteiger partial charge in [-0.25, -0.2) is 8.42 Å². The van der Waals surface area contributed by atoms with E-state index in [4.69, 9.17) is 9.47 Å². The molecule has 9 nitrogen and oxygen atoms in total. The minimum absolute atomic E-state index is 0.0893. The molecule has 10 heteroatoms. The third kappa shape index (κ3) is 8.39. The maximum Gasteiger partial charge on any atom is 0.253 e. The Labute approximate surface area is 195 Å². The number of rotatable bonds is 13. The number of hydrogen-bond donors (Lipinski definition) is 2. The van der Waals surface area contributed by atoms with E-state index in [0.29, 0.717) is 48.7 Å². The van der Waals surface area contributed by atoms with Gasteiger partial charge >= 0.3 is 0 Å². The zero-order valence-corrected chi connectivity index (χ0v) is 20.0. The van der Waals surface area contributed by atoms with Gasteiger partial charge in [-0.05, 0) is 49.2 Å².